The van der Waals surface area contributed by atoms with Crippen LogP contribution in [0, 0.1) is 11.8 Å². The van der Waals surface area contributed by atoms with Crippen LogP contribution in [-0.4, -0.2) is 45.9 Å². The van der Waals surface area contributed by atoms with Crippen molar-refractivity contribution >= 4 is 16.0 Å². The third-order valence-electron chi connectivity index (χ3n) is 2.59. The predicted molar refractivity (Wildman–Crippen MR) is 78.6 cm³/mol. The van der Waals surface area contributed by atoms with E-state index < -0.39 is 28.6 Å². The molecule has 0 aliphatic heterocycles. The summed E-state index contributed by atoms with van der Waals surface area (Å²) in [5, 5.41) is 9.04. The molecule has 1 rings (SSSR count). The van der Waals surface area contributed by atoms with Gasteiger partial charge in [0.15, 0.2) is 0 Å². The van der Waals surface area contributed by atoms with Crippen molar-refractivity contribution in [2.75, 3.05) is 20.3 Å². The van der Waals surface area contributed by atoms with Gasteiger partial charge >= 0.3 is 5.97 Å². The van der Waals surface area contributed by atoms with Gasteiger partial charge in [0.05, 0.1) is 18.6 Å². The van der Waals surface area contributed by atoms with Crippen LogP contribution in [0.4, 0.5) is 0 Å². The third kappa shape index (κ3) is 5.04. The van der Waals surface area contributed by atoms with Crippen LogP contribution in [0.2, 0.25) is 0 Å². The van der Waals surface area contributed by atoms with Crippen LogP contribution in [-0.2, 0) is 19.6 Å². The van der Waals surface area contributed by atoms with Gasteiger partial charge < -0.3 is 14.6 Å². The minimum Gasteiger partial charge on any atom is -0.481 e. The van der Waals surface area contributed by atoms with Crippen LogP contribution < -0.4 is 9.46 Å². The summed E-state index contributed by atoms with van der Waals surface area (Å²) in [4.78, 5) is 11.2. The molecule has 1 unspecified atom stereocenters. The topological polar surface area (TPSA) is 102 Å². The van der Waals surface area contributed by atoms with Crippen molar-refractivity contribution in [3.8, 4) is 17.6 Å². The van der Waals surface area contributed by atoms with E-state index in [2.05, 4.69) is 21.3 Å². The summed E-state index contributed by atoms with van der Waals surface area (Å²) in [6.07, 6.45) is 0. The molecular formula is C14H17NO6S. The maximum Gasteiger partial charge on any atom is 0.326 e. The zero-order chi connectivity index (χ0) is 16.6. The molecular weight excluding hydrogens is 310 g/mol. The molecule has 120 valence electrons. The van der Waals surface area contributed by atoms with Crippen molar-refractivity contribution in [2.45, 2.75) is 17.9 Å². The highest BCUT2D eigenvalue weighted by Gasteiger charge is 2.25. The van der Waals surface area contributed by atoms with Gasteiger partial charge in [0.25, 0.3) is 0 Å². The molecule has 8 heteroatoms. The number of ether oxygens (including phenoxy) is 2. The molecule has 0 bridgehead atoms. The fourth-order valence-electron chi connectivity index (χ4n) is 1.46. The standard InChI is InChI=1S/C14H17NO6S/c1-3-4-9-21-11-5-7-12(8-6-11)22(18,19)15-13(10-16)14(17)20-2/h5-8,13,15-16H,9-10H2,1-2H3. The number of aliphatic hydroxyl groups excluding tert-OH is 1. The average Bonchev–Trinajstić information content (AvgIpc) is 2.52. The van der Waals surface area contributed by atoms with Crippen LogP contribution in [0.15, 0.2) is 29.2 Å². The molecule has 0 fully saturated rings. The normalized spacial score (nSPS) is 12.0. The second kappa shape index (κ2) is 8.38. The number of aliphatic hydroxyl groups is 1. The summed E-state index contributed by atoms with van der Waals surface area (Å²) in [5.41, 5.74) is 0. The first-order valence-corrected chi connectivity index (χ1v) is 7.76. The molecule has 0 heterocycles. The van der Waals surface area contributed by atoms with Crippen molar-refractivity contribution in [1.29, 1.82) is 0 Å². The van der Waals surface area contributed by atoms with Gasteiger partial charge in [-0.3, -0.25) is 4.79 Å². The number of esters is 1. The monoisotopic (exact) mass is 327 g/mol. The molecule has 1 atom stereocenters. The lowest BCUT2D eigenvalue weighted by molar-refractivity contribution is -0.143. The van der Waals surface area contributed by atoms with E-state index in [0.29, 0.717) is 5.75 Å². The Morgan fingerprint density at radius 3 is 2.50 bits per heavy atom. The van der Waals surface area contributed by atoms with Gasteiger partial charge in [-0.15, -0.1) is 5.92 Å². The second-order valence-corrected chi connectivity index (χ2v) is 5.78. The Labute approximate surface area is 129 Å². The molecule has 2 N–H and O–H groups in total. The lowest BCUT2D eigenvalue weighted by Gasteiger charge is -2.14. The number of hydrogen-bond acceptors (Lipinski definition) is 6. The first kappa shape index (κ1) is 18.0. The summed E-state index contributed by atoms with van der Waals surface area (Å²) < 4.78 is 35.9. The van der Waals surface area contributed by atoms with E-state index in [1.165, 1.54) is 24.3 Å². The van der Waals surface area contributed by atoms with Crippen LogP contribution in [0.3, 0.4) is 0 Å². The van der Waals surface area contributed by atoms with Crippen molar-refractivity contribution in [2.24, 2.45) is 0 Å². The summed E-state index contributed by atoms with van der Waals surface area (Å²) in [7, 11) is -2.86. The van der Waals surface area contributed by atoms with E-state index in [1.807, 2.05) is 0 Å². The predicted octanol–water partition coefficient (Wildman–Crippen LogP) is -0.0991. The van der Waals surface area contributed by atoms with Gasteiger partial charge in [0.1, 0.15) is 18.4 Å². The van der Waals surface area contributed by atoms with Crippen molar-refractivity contribution in [1.82, 2.24) is 4.72 Å². The molecule has 1 aromatic carbocycles. The van der Waals surface area contributed by atoms with E-state index in [9.17, 15) is 13.2 Å². The lowest BCUT2D eigenvalue weighted by Crippen LogP contribution is -2.43. The molecule has 0 radical (unpaired) electrons. The highest BCUT2D eigenvalue weighted by molar-refractivity contribution is 7.89. The number of rotatable bonds is 7. The Hall–Kier alpha value is -2.08. The average molecular weight is 327 g/mol. The maximum absolute atomic E-state index is 12.1. The number of carbonyl (C=O) groups is 1. The maximum atomic E-state index is 12.1. The Morgan fingerprint density at radius 1 is 1.36 bits per heavy atom. The van der Waals surface area contributed by atoms with Crippen molar-refractivity contribution < 1.29 is 27.8 Å². The molecule has 0 aliphatic rings. The first-order valence-electron chi connectivity index (χ1n) is 6.28. The molecule has 7 nitrogen and oxygen atoms in total. The van der Waals surface area contributed by atoms with Crippen LogP contribution in [0.25, 0.3) is 0 Å². The van der Waals surface area contributed by atoms with Crippen molar-refractivity contribution in [3.05, 3.63) is 24.3 Å². The number of benzene rings is 1. The van der Waals surface area contributed by atoms with Gasteiger partial charge in [-0.05, 0) is 31.2 Å². The van der Waals surface area contributed by atoms with E-state index in [4.69, 9.17) is 9.84 Å². The van der Waals surface area contributed by atoms with Crippen LogP contribution in [0.1, 0.15) is 6.92 Å². The van der Waals surface area contributed by atoms with E-state index >= 15 is 0 Å². The molecule has 0 saturated heterocycles. The SMILES string of the molecule is CC#CCOc1ccc(S(=O)(=O)NC(CO)C(=O)OC)cc1. The van der Waals surface area contributed by atoms with Gasteiger partial charge in [-0.1, -0.05) is 5.92 Å². The van der Waals surface area contributed by atoms with E-state index in [-0.39, 0.29) is 11.5 Å². The Kier molecular flexibility index (Phi) is 6.85. The molecule has 0 amide bonds. The molecule has 0 saturated carbocycles. The van der Waals surface area contributed by atoms with Crippen LogP contribution in [0.5, 0.6) is 5.75 Å². The highest BCUT2D eigenvalue weighted by atomic mass is 32.2. The molecule has 1 aromatic rings. The van der Waals surface area contributed by atoms with Gasteiger partial charge in [-0.25, -0.2) is 8.42 Å². The number of carbonyl (C=O) groups excluding carboxylic acids is 1. The third-order valence-corrected chi connectivity index (χ3v) is 4.08. The molecule has 0 aromatic heterocycles. The smallest absolute Gasteiger partial charge is 0.326 e. The number of nitrogens with one attached hydrogen (secondary N) is 1. The number of sulfonamides is 1. The Balaban J connectivity index is 2.84. The fourth-order valence-corrected chi connectivity index (χ4v) is 2.64. The van der Waals surface area contributed by atoms with Gasteiger partial charge in [0.2, 0.25) is 10.0 Å². The molecule has 0 spiro atoms. The molecule has 0 aliphatic carbocycles. The van der Waals surface area contributed by atoms with Gasteiger partial charge in [-0.2, -0.15) is 4.72 Å². The Bertz CT molecular complexity index is 657. The fraction of sp³-hybridized carbons (Fsp3) is 0.357. The second-order valence-electron chi connectivity index (χ2n) is 4.07. The summed E-state index contributed by atoms with van der Waals surface area (Å²) in [6, 6.07) is 4.23. The minimum atomic E-state index is -3.96. The summed E-state index contributed by atoms with van der Waals surface area (Å²) >= 11 is 0. The quantitative estimate of drug-likeness (QED) is 0.536. The van der Waals surface area contributed by atoms with E-state index in [0.717, 1.165) is 7.11 Å². The summed E-state index contributed by atoms with van der Waals surface area (Å²) in [5.74, 6) is 4.98. The Morgan fingerprint density at radius 2 is 2.00 bits per heavy atom. The largest absolute Gasteiger partial charge is 0.481 e. The first-order chi connectivity index (χ1) is 10.4. The minimum absolute atomic E-state index is 0.0659. The van der Waals surface area contributed by atoms with E-state index in [1.54, 1.807) is 6.92 Å². The number of hydrogen-bond donors (Lipinski definition) is 2. The highest BCUT2D eigenvalue weighted by Crippen LogP contribution is 2.16. The van der Waals surface area contributed by atoms with Gasteiger partial charge in [0, 0.05) is 0 Å². The zero-order valence-corrected chi connectivity index (χ0v) is 13.0. The summed E-state index contributed by atoms with van der Waals surface area (Å²) in [6.45, 7) is 1.18. The van der Waals surface area contributed by atoms with Crippen molar-refractivity contribution in [3.63, 3.8) is 0 Å². The molecule has 22 heavy (non-hydrogen) atoms. The van der Waals surface area contributed by atoms with Crippen LogP contribution >= 0.6 is 0 Å². The lowest BCUT2D eigenvalue weighted by atomic mass is 10.3. The number of methoxy groups -OCH3 is 1. The zero-order valence-electron chi connectivity index (χ0n) is 12.2.